The summed E-state index contributed by atoms with van der Waals surface area (Å²) in [5.41, 5.74) is 3.26. The summed E-state index contributed by atoms with van der Waals surface area (Å²) in [7, 11) is 0. The number of ether oxygens (including phenoxy) is 1. The van der Waals surface area contributed by atoms with Gasteiger partial charge in [-0.1, -0.05) is 42.0 Å². The van der Waals surface area contributed by atoms with Gasteiger partial charge in [0, 0.05) is 0 Å². The van der Waals surface area contributed by atoms with Crippen LogP contribution < -0.4 is 4.74 Å². The lowest BCUT2D eigenvalue weighted by Crippen LogP contribution is -1.97. The minimum atomic E-state index is -0.465. The molecular weight excluding hydrogens is 224 g/mol. The van der Waals surface area contributed by atoms with Crippen LogP contribution in [-0.2, 0) is 6.61 Å². The van der Waals surface area contributed by atoms with Crippen molar-refractivity contribution in [3.8, 4) is 5.75 Å². The molecule has 0 aliphatic rings. The van der Waals surface area contributed by atoms with Gasteiger partial charge >= 0.3 is 0 Å². The maximum Gasteiger partial charge on any atom is 0.120 e. The zero-order chi connectivity index (χ0) is 13.0. The second-order valence-electron chi connectivity index (χ2n) is 4.52. The lowest BCUT2D eigenvalue weighted by molar-refractivity contribution is 0.198. The fraction of sp³-hybridized carbons (Fsp3) is 0.250. The zero-order valence-electron chi connectivity index (χ0n) is 10.8. The molecular formula is C16H18O2. The highest BCUT2D eigenvalue weighted by Crippen LogP contribution is 2.19. The minimum Gasteiger partial charge on any atom is -0.489 e. The second-order valence-corrected chi connectivity index (χ2v) is 4.52. The Morgan fingerprint density at radius 3 is 2.50 bits per heavy atom. The Kier molecular flexibility index (Phi) is 4.00. The van der Waals surface area contributed by atoms with E-state index in [0.29, 0.717) is 6.61 Å². The van der Waals surface area contributed by atoms with Crippen molar-refractivity contribution >= 4 is 0 Å². The monoisotopic (exact) mass is 242 g/mol. The molecule has 2 aromatic carbocycles. The van der Waals surface area contributed by atoms with Crippen LogP contribution in [0.2, 0.25) is 0 Å². The Balaban J connectivity index is 2.01. The molecule has 0 aromatic heterocycles. The normalized spacial score (nSPS) is 12.2. The molecule has 2 heteroatoms. The standard InChI is InChI=1S/C16H18O2/c1-12-6-8-14(9-7-12)11-18-16-5-3-4-15(10-16)13(2)17/h3-10,13,17H,11H2,1-2H3/t13-/m1/s1. The van der Waals surface area contributed by atoms with Gasteiger partial charge in [0.05, 0.1) is 6.10 Å². The molecule has 94 valence electrons. The summed E-state index contributed by atoms with van der Waals surface area (Å²) in [5.74, 6) is 0.786. The Bertz CT molecular complexity index is 501. The molecule has 0 amide bonds. The molecule has 1 atom stereocenters. The number of rotatable bonds is 4. The molecule has 0 unspecified atom stereocenters. The van der Waals surface area contributed by atoms with Gasteiger partial charge in [-0.25, -0.2) is 0 Å². The molecule has 2 nitrogen and oxygen atoms in total. The van der Waals surface area contributed by atoms with Crippen molar-refractivity contribution in [1.29, 1.82) is 0 Å². The molecule has 1 N–H and O–H groups in total. The summed E-state index contributed by atoms with van der Waals surface area (Å²) >= 11 is 0. The van der Waals surface area contributed by atoms with Crippen molar-refractivity contribution in [2.24, 2.45) is 0 Å². The van der Waals surface area contributed by atoms with Gasteiger partial charge in [0.2, 0.25) is 0 Å². The Morgan fingerprint density at radius 2 is 1.83 bits per heavy atom. The first-order valence-electron chi connectivity index (χ1n) is 6.11. The molecule has 0 heterocycles. The molecule has 0 bridgehead atoms. The van der Waals surface area contributed by atoms with Crippen molar-refractivity contribution in [2.75, 3.05) is 0 Å². The number of aliphatic hydroxyl groups excluding tert-OH is 1. The minimum absolute atomic E-state index is 0.465. The highest BCUT2D eigenvalue weighted by Gasteiger charge is 2.02. The second kappa shape index (κ2) is 5.69. The van der Waals surface area contributed by atoms with Crippen LogP contribution in [0, 0.1) is 6.92 Å². The molecule has 0 radical (unpaired) electrons. The van der Waals surface area contributed by atoms with E-state index in [1.165, 1.54) is 5.56 Å². The first-order chi connectivity index (χ1) is 8.65. The molecule has 2 aromatic rings. The lowest BCUT2D eigenvalue weighted by atomic mass is 10.1. The van der Waals surface area contributed by atoms with E-state index < -0.39 is 6.10 Å². The van der Waals surface area contributed by atoms with Crippen molar-refractivity contribution in [2.45, 2.75) is 26.6 Å². The van der Waals surface area contributed by atoms with E-state index in [1.54, 1.807) is 6.92 Å². The third-order valence-corrected chi connectivity index (χ3v) is 2.87. The van der Waals surface area contributed by atoms with Crippen LogP contribution in [0.1, 0.15) is 29.7 Å². The lowest BCUT2D eigenvalue weighted by Gasteiger charge is -2.09. The zero-order valence-corrected chi connectivity index (χ0v) is 10.8. The fourth-order valence-corrected chi connectivity index (χ4v) is 1.72. The molecule has 18 heavy (non-hydrogen) atoms. The van der Waals surface area contributed by atoms with Gasteiger partial charge in [-0.15, -0.1) is 0 Å². The van der Waals surface area contributed by atoms with Crippen LogP contribution in [0.5, 0.6) is 5.75 Å². The van der Waals surface area contributed by atoms with Gasteiger partial charge in [0.1, 0.15) is 12.4 Å². The van der Waals surface area contributed by atoms with E-state index in [0.717, 1.165) is 16.9 Å². The number of aryl methyl sites for hydroxylation is 1. The molecule has 2 rings (SSSR count). The van der Waals surface area contributed by atoms with Crippen LogP contribution in [0.25, 0.3) is 0 Å². The van der Waals surface area contributed by atoms with Gasteiger partial charge in [-0.3, -0.25) is 0 Å². The van der Waals surface area contributed by atoms with Gasteiger partial charge in [-0.05, 0) is 37.1 Å². The van der Waals surface area contributed by atoms with Crippen LogP contribution in [0.15, 0.2) is 48.5 Å². The summed E-state index contributed by atoms with van der Waals surface area (Å²) in [6.07, 6.45) is -0.465. The fourth-order valence-electron chi connectivity index (χ4n) is 1.72. The Morgan fingerprint density at radius 1 is 1.11 bits per heavy atom. The maximum atomic E-state index is 9.51. The number of hydrogen-bond donors (Lipinski definition) is 1. The molecule has 0 aliphatic carbocycles. The molecule has 0 saturated heterocycles. The van der Waals surface area contributed by atoms with Crippen LogP contribution in [0.4, 0.5) is 0 Å². The first-order valence-corrected chi connectivity index (χ1v) is 6.11. The number of benzene rings is 2. The topological polar surface area (TPSA) is 29.5 Å². The summed E-state index contributed by atoms with van der Waals surface area (Å²) in [4.78, 5) is 0. The van der Waals surface area contributed by atoms with Gasteiger partial charge in [-0.2, -0.15) is 0 Å². The summed E-state index contributed by atoms with van der Waals surface area (Å²) in [6.45, 7) is 4.36. The van der Waals surface area contributed by atoms with E-state index in [9.17, 15) is 5.11 Å². The van der Waals surface area contributed by atoms with Crippen LogP contribution >= 0.6 is 0 Å². The molecule has 0 spiro atoms. The van der Waals surface area contributed by atoms with Crippen molar-refractivity contribution < 1.29 is 9.84 Å². The predicted octanol–water partition coefficient (Wildman–Crippen LogP) is 3.63. The van der Waals surface area contributed by atoms with Crippen LogP contribution in [-0.4, -0.2) is 5.11 Å². The Hall–Kier alpha value is -1.80. The summed E-state index contributed by atoms with van der Waals surface area (Å²) in [5, 5.41) is 9.51. The smallest absolute Gasteiger partial charge is 0.120 e. The molecule has 0 saturated carbocycles. The van der Waals surface area contributed by atoms with E-state index in [1.807, 2.05) is 24.3 Å². The largest absolute Gasteiger partial charge is 0.489 e. The predicted molar refractivity (Wildman–Crippen MR) is 72.6 cm³/mol. The third-order valence-electron chi connectivity index (χ3n) is 2.87. The summed E-state index contributed by atoms with van der Waals surface area (Å²) < 4.78 is 5.71. The average molecular weight is 242 g/mol. The maximum absolute atomic E-state index is 9.51. The molecule has 0 fully saturated rings. The Labute approximate surface area is 108 Å². The third kappa shape index (κ3) is 3.34. The van der Waals surface area contributed by atoms with Crippen molar-refractivity contribution in [3.05, 3.63) is 65.2 Å². The molecule has 0 aliphatic heterocycles. The van der Waals surface area contributed by atoms with E-state index >= 15 is 0 Å². The SMILES string of the molecule is Cc1ccc(COc2cccc([C@@H](C)O)c2)cc1. The highest BCUT2D eigenvalue weighted by atomic mass is 16.5. The van der Waals surface area contributed by atoms with Crippen LogP contribution in [0.3, 0.4) is 0 Å². The average Bonchev–Trinajstić information content (AvgIpc) is 2.38. The quantitative estimate of drug-likeness (QED) is 0.887. The van der Waals surface area contributed by atoms with Crippen molar-refractivity contribution in [3.63, 3.8) is 0 Å². The van der Waals surface area contributed by atoms with E-state index in [4.69, 9.17) is 4.74 Å². The van der Waals surface area contributed by atoms with Gasteiger partial charge in [0.15, 0.2) is 0 Å². The van der Waals surface area contributed by atoms with E-state index in [-0.39, 0.29) is 0 Å². The van der Waals surface area contributed by atoms with Gasteiger partial charge < -0.3 is 9.84 Å². The number of aliphatic hydroxyl groups is 1. The number of hydrogen-bond acceptors (Lipinski definition) is 2. The van der Waals surface area contributed by atoms with Crippen molar-refractivity contribution in [1.82, 2.24) is 0 Å². The highest BCUT2D eigenvalue weighted by molar-refractivity contribution is 5.30. The summed E-state index contributed by atoms with van der Waals surface area (Å²) in [6, 6.07) is 15.8. The first kappa shape index (κ1) is 12.7. The van der Waals surface area contributed by atoms with Gasteiger partial charge in [0.25, 0.3) is 0 Å². The van der Waals surface area contributed by atoms with E-state index in [2.05, 4.69) is 31.2 Å².